The number of hydrogen-bond donors (Lipinski definition) is 2. The first kappa shape index (κ1) is 15.5. The molecule has 1 rings (SSSR count). The molecule has 0 spiro atoms. The van der Waals surface area contributed by atoms with Crippen molar-refractivity contribution in [3.05, 3.63) is 24.0 Å². The molecule has 0 saturated carbocycles. The maximum Gasteiger partial charge on any atom is 0.332 e. The zero-order chi connectivity index (χ0) is 14.6. The van der Waals surface area contributed by atoms with Crippen LogP contribution < -0.4 is 5.14 Å². The summed E-state index contributed by atoms with van der Waals surface area (Å²) in [6, 6.07) is 2.43. The summed E-state index contributed by atoms with van der Waals surface area (Å²) in [5, 5.41) is 13.6. The van der Waals surface area contributed by atoms with Crippen LogP contribution in [0.5, 0.6) is 0 Å². The number of aromatic nitrogens is 1. The normalized spacial score (nSPS) is 14.7. The Morgan fingerprint density at radius 1 is 1.63 bits per heavy atom. The van der Waals surface area contributed by atoms with Gasteiger partial charge in [0.25, 0.3) is 0 Å². The molecule has 0 radical (unpaired) electrons. The standard InChI is InChI=1S/C10H13FN2O5S/c1-6(11)10(18-8(15)5-14)9-7(19(12,16)17)3-2-4-13-9/h2-4,6,10,14H,5H2,1H3,(H2,12,16,17). The number of alkyl halides is 1. The number of nitrogens with two attached hydrogens (primary N) is 1. The van der Waals surface area contributed by atoms with E-state index < -0.39 is 39.8 Å². The van der Waals surface area contributed by atoms with Crippen molar-refractivity contribution in [2.75, 3.05) is 6.61 Å². The van der Waals surface area contributed by atoms with Gasteiger partial charge in [0, 0.05) is 6.20 Å². The lowest BCUT2D eigenvalue weighted by Crippen LogP contribution is -2.25. The van der Waals surface area contributed by atoms with Crippen molar-refractivity contribution in [1.29, 1.82) is 0 Å². The van der Waals surface area contributed by atoms with Gasteiger partial charge in [0.2, 0.25) is 10.0 Å². The highest BCUT2D eigenvalue weighted by molar-refractivity contribution is 7.89. The number of carbonyl (C=O) groups excluding carboxylic acids is 1. The first-order valence-electron chi connectivity index (χ1n) is 5.19. The van der Waals surface area contributed by atoms with Crippen LogP contribution in [0.1, 0.15) is 18.7 Å². The molecule has 0 fully saturated rings. The molecule has 0 aromatic carbocycles. The highest BCUT2D eigenvalue weighted by atomic mass is 32.2. The number of aliphatic hydroxyl groups is 1. The van der Waals surface area contributed by atoms with Crippen molar-refractivity contribution in [2.24, 2.45) is 5.14 Å². The van der Waals surface area contributed by atoms with Gasteiger partial charge in [-0.25, -0.2) is 22.7 Å². The topological polar surface area (TPSA) is 120 Å². The lowest BCUT2D eigenvalue weighted by atomic mass is 10.1. The molecule has 0 aliphatic rings. The van der Waals surface area contributed by atoms with E-state index >= 15 is 0 Å². The average molecular weight is 292 g/mol. The monoisotopic (exact) mass is 292 g/mol. The molecule has 0 amide bonds. The van der Waals surface area contributed by atoms with E-state index in [4.69, 9.17) is 10.2 Å². The van der Waals surface area contributed by atoms with Crippen molar-refractivity contribution in [3.8, 4) is 0 Å². The Hall–Kier alpha value is -1.58. The lowest BCUT2D eigenvalue weighted by molar-refractivity contribution is -0.156. The van der Waals surface area contributed by atoms with Gasteiger partial charge in [-0.1, -0.05) is 0 Å². The number of carbonyl (C=O) groups is 1. The summed E-state index contributed by atoms with van der Waals surface area (Å²) in [6.07, 6.45) is -2.08. The SMILES string of the molecule is CC(F)C(OC(=O)CO)c1ncccc1S(N)(=O)=O. The fraction of sp³-hybridized carbons (Fsp3) is 0.400. The molecule has 0 aliphatic carbocycles. The second kappa shape index (κ2) is 6.04. The first-order chi connectivity index (χ1) is 8.77. The number of hydrogen-bond acceptors (Lipinski definition) is 6. The fourth-order valence-corrected chi connectivity index (χ4v) is 2.13. The van der Waals surface area contributed by atoms with Gasteiger partial charge in [-0.3, -0.25) is 4.98 Å². The molecule has 0 bridgehead atoms. The largest absolute Gasteiger partial charge is 0.451 e. The summed E-state index contributed by atoms with van der Waals surface area (Å²) >= 11 is 0. The molecule has 106 valence electrons. The maximum atomic E-state index is 13.5. The molecule has 2 unspecified atom stereocenters. The third-order valence-corrected chi connectivity index (χ3v) is 3.14. The van der Waals surface area contributed by atoms with Gasteiger partial charge >= 0.3 is 5.97 Å². The molecule has 9 heteroatoms. The molecule has 1 heterocycles. The molecule has 2 atom stereocenters. The smallest absolute Gasteiger partial charge is 0.332 e. The van der Waals surface area contributed by atoms with Crippen LogP contribution in [0.4, 0.5) is 4.39 Å². The number of rotatable bonds is 5. The van der Waals surface area contributed by atoms with Crippen molar-refractivity contribution in [2.45, 2.75) is 24.1 Å². The third-order valence-electron chi connectivity index (χ3n) is 2.18. The molecular formula is C10H13FN2O5S. The van der Waals surface area contributed by atoms with Crippen LogP contribution in [0.3, 0.4) is 0 Å². The number of sulfonamides is 1. The second-order valence-corrected chi connectivity index (χ2v) is 5.21. The van der Waals surface area contributed by atoms with Gasteiger partial charge in [0.15, 0.2) is 6.10 Å². The number of esters is 1. The predicted octanol–water partition coefficient (Wildman–Crippen LogP) is -0.336. The minimum Gasteiger partial charge on any atom is -0.451 e. The number of halogens is 1. The van der Waals surface area contributed by atoms with Crippen LogP contribution in [0.25, 0.3) is 0 Å². The van der Waals surface area contributed by atoms with E-state index in [1.54, 1.807) is 0 Å². The first-order valence-corrected chi connectivity index (χ1v) is 6.74. The van der Waals surface area contributed by atoms with E-state index in [1.807, 2.05) is 0 Å². The summed E-state index contributed by atoms with van der Waals surface area (Å²) in [6.45, 7) is 0.109. The van der Waals surface area contributed by atoms with Gasteiger partial charge in [-0.05, 0) is 19.1 Å². The molecule has 3 N–H and O–H groups in total. The minimum atomic E-state index is -4.14. The van der Waals surface area contributed by atoms with Gasteiger partial charge in [0.1, 0.15) is 23.4 Å². The second-order valence-electron chi connectivity index (χ2n) is 3.68. The number of nitrogens with zero attached hydrogens (tertiary/aromatic N) is 1. The quantitative estimate of drug-likeness (QED) is 0.717. The molecule has 1 aromatic heterocycles. The van der Waals surface area contributed by atoms with Gasteiger partial charge in [-0.15, -0.1) is 0 Å². The molecular weight excluding hydrogens is 279 g/mol. The van der Waals surface area contributed by atoms with E-state index in [-0.39, 0.29) is 5.69 Å². The number of ether oxygens (including phenoxy) is 1. The highest BCUT2D eigenvalue weighted by Crippen LogP contribution is 2.27. The van der Waals surface area contributed by atoms with Gasteiger partial charge < -0.3 is 9.84 Å². The Balaban J connectivity index is 3.28. The van der Waals surface area contributed by atoms with Crippen molar-refractivity contribution in [1.82, 2.24) is 4.98 Å². The summed E-state index contributed by atoms with van der Waals surface area (Å²) in [4.78, 5) is 14.3. The maximum absolute atomic E-state index is 13.5. The van der Waals surface area contributed by atoms with E-state index in [0.29, 0.717) is 0 Å². The van der Waals surface area contributed by atoms with Crippen molar-refractivity contribution in [3.63, 3.8) is 0 Å². The van der Waals surface area contributed by atoms with Crippen molar-refractivity contribution >= 4 is 16.0 Å². The van der Waals surface area contributed by atoms with Gasteiger partial charge in [0.05, 0.1) is 0 Å². The van der Waals surface area contributed by atoms with Crippen LogP contribution in [0, 0.1) is 0 Å². The zero-order valence-electron chi connectivity index (χ0n) is 9.98. The summed E-state index contributed by atoms with van der Waals surface area (Å²) in [5.41, 5.74) is -0.318. The van der Waals surface area contributed by atoms with E-state index in [9.17, 15) is 17.6 Å². The Morgan fingerprint density at radius 2 is 2.26 bits per heavy atom. The van der Waals surface area contributed by atoms with Crippen LogP contribution in [-0.4, -0.2) is 37.3 Å². The van der Waals surface area contributed by atoms with Crippen molar-refractivity contribution < 1.29 is 27.4 Å². The van der Waals surface area contributed by atoms with Crippen LogP contribution in [0.15, 0.2) is 23.2 Å². The van der Waals surface area contributed by atoms with Crippen LogP contribution in [-0.2, 0) is 19.6 Å². The Kier molecular flexibility index (Phi) is 4.92. The van der Waals surface area contributed by atoms with Crippen LogP contribution in [0.2, 0.25) is 0 Å². The average Bonchev–Trinajstić information content (AvgIpc) is 2.34. The van der Waals surface area contributed by atoms with Gasteiger partial charge in [-0.2, -0.15) is 0 Å². The molecule has 0 aliphatic heterocycles. The highest BCUT2D eigenvalue weighted by Gasteiger charge is 2.30. The summed E-state index contributed by atoms with van der Waals surface area (Å²) in [5.74, 6) is -1.10. The molecule has 7 nitrogen and oxygen atoms in total. The minimum absolute atomic E-state index is 0.318. The van der Waals surface area contributed by atoms with E-state index in [1.165, 1.54) is 12.3 Å². The summed E-state index contributed by atoms with van der Waals surface area (Å²) < 4.78 is 40.8. The Bertz CT molecular complexity index is 561. The van der Waals surface area contributed by atoms with Crippen LogP contribution >= 0.6 is 0 Å². The lowest BCUT2D eigenvalue weighted by Gasteiger charge is -2.19. The summed E-state index contributed by atoms with van der Waals surface area (Å²) in [7, 11) is -4.14. The van der Waals surface area contributed by atoms with E-state index in [2.05, 4.69) is 9.72 Å². The zero-order valence-corrected chi connectivity index (χ0v) is 10.8. The molecule has 1 aromatic rings. The third kappa shape index (κ3) is 3.94. The number of pyridine rings is 1. The predicted molar refractivity (Wildman–Crippen MR) is 62.1 cm³/mol. The molecule has 19 heavy (non-hydrogen) atoms. The molecule has 0 saturated heterocycles. The fourth-order valence-electron chi connectivity index (χ4n) is 1.40. The number of aliphatic hydroxyl groups excluding tert-OH is 1. The Labute approximate surface area is 109 Å². The number of primary sulfonamides is 1. The Morgan fingerprint density at radius 3 is 2.74 bits per heavy atom. The van der Waals surface area contributed by atoms with E-state index in [0.717, 1.165) is 13.0 Å².